The molecule has 0 bridgehead atoms. The van der Waals surface area contributed by atoms with Gasteiger partial charge in [-0.25, -0.2) is 0 Å². The molecule has 0 fully saturated rings. The summed E-state index contributed by atoms with van der Waals surface area (Å²) < 4.78 is 0. The second-order valence-electron chi connectivity index (χ2n) is 5.29. The van der Waals surface area contributed by atoms with E-state index in [4.69, 9.17) is 29.6 Å². The van der Waals surface area contributed by atoms with Crippen LogP contribution in [0.15, 0.2) is 36.4 Å². The molecule has 0 aliphatic rings. The molecule has 1 N–H and O–H groups in total. The summed E-state index contributed by atoms with van der Waals surface area (Å²) in [6, 6.07) is 11.2. The van der Waals surface area contributed by atoms with Gasteiger partial charge in [-0.2, -0.15) is 0 Å². The van der Waals surface area contributed by atoms with Gasteiger partial charge >= 0.3 is 0 Å². The molecule has 0 unspecified atom stereocenters. The first-order valence-corrected chi connectivity index (χ1v) is 7.99. The minimum atomic E-state index is -0.214. The largest absolute Gasteiger partial charge is 0.506 e. The standard InChI is InChI=1S/C19H18Cl2O/c1-4-13-7-8-14(11-16(13)20)19(5-2,6-3)15-9-10-18(22)17(21)12-15/h1,7-12,22H,5-6H2,2-3H3. The van der Waals surface area contributed by atoms with Crippen molar-refractivity contribution in [1.29, 1.82) is 0 Å². The molecule has 2 aromatic carbocycles. The Balaban J connectivity index is 2.64. The SMILES string of the molecule is C#Cc1ccc(C(CC)(CC)c2ccc(O)c(Cl)c2)cc1Cl. The minimum absolute atomic E-state index is 0.0900. The number of phenols is 1. The summed E-state index contributed by atoms with van der Waals surface area (Å²) in [5.74, 6) is 2.67. The van der Waals surface area contributed by atoms with E-state index in [1.54, 1.807) is 6.07 Å². The molecule has 0 aromatic heterocycles. The number of benzene rings is 2. The summed E-state index contributed by atoms with van der Waals surface area (Å²) in [7, 11) is 0. The Bertz CT molecular complexity index is 725. The lowest BCUT2D eigenvalue weighted by Gasteiger charge is -2.33. The molecule has 0 spiro atoms. The fourth-order valence-corrected chi connectivity index (χ4v) is 3.38. The minimum Gasteiger partial charge on any atom is -0.506 e. The summed E-state index contributed by atoms with van der Waals surface area (Å²) >= 11 is 12.4. The topological polar surface area (TPSA) is 20.2 Å². The number of hydrogen-bond donors (Lipinski definition) is 1. The maximum Gasteiger partial charge on any atom is 0.134 e. The van der Waals surface area contributed by atoms with E-state index >= 15 is 0 Å². The van der Waals surface area contributed by atoms with E-state index in [-0.39, 0.29) is 11.2 Å². The van der Waals surface area contributed by atoms with Gasteiger partial charge in [0.15, 0.2) is 0 Å². The molecule has 2 rings (SSSR count). The maximum absolute atomic E-state index is 9.66. The van der Waals surface area contributed by atoms with Gasteiger partial charge in [-0.3, -0.25) is 0 Å². The van der Waals surface area contributed by atoms with Gasteiger partial charge in [0.2, 0.25) is 0 Å². The number of rotatable bonds is 4. The fraction of sp³-hybridized carbons (Fsp3) is 0.263. The Labute approximate surface area is 141 Å². The maximum atomic E-state index is 9.66. The van der Waals surface area contributed by atoms with Crippen molar-refractivity contribution >= 4 is 23.2 Å². The smallest absolute Gasteiger partial charge is 0.134 e. The van der Waals surface area contributed by atoms with Crippen molar-refractivity contribution in [2.24, 2.45) is 0 Å². The molecular formula is C19H18Cl2O. The normalized spacial score (nSPS) is 11.2. The van der Waals surface area contributed by atoms with Gasteiger partial charge in [-0.05, 0) is 48.2 Å². The first-order valence-electron chi connectivity index (χ1n) is 7.24. The zero-order chi connectivity index (χ0) is 16.3. The van der Waals surface area contributed by atoms with Gasteiger partial charge in [0, 0.05) is 11.0 Å². The Hall–Kier alpha value is -1.62. The molecule has 0 aliphatic heterocycles. The van der Waals surface area contributed by atoms with Gasteiger partial charge in [0.25, 0.3) is 0 Å². The van der Waals surface area contributed by atoms with Gasteiger partial charge in [-0.15, -0.1) is 6.42 Å². The second-order valence-corrected chi connectivity index (χ2v) is 6.11. The van der Waals surface area contributed by atoms with E-state index in [0.29, 0.717) is 15.6 Å². The van der Waals surface area contributed by atoms with Crippen molar-refractivity contribution in [2.75, 3.05) is 0 Å². The van der Waals surface area contributed by atoms with E-state index < -0.39 is 0 Å². The van der Waals surface area contributed by atoms with Gasteiger partial charge in [0.05, 0.1) is 10.0 Å². The molecule has 22 heavy (non-hydrogen) atoms. The Morgan fingerprint density at radius 2 is 1.55 bits per heavy atom. The quantitative estimate of drug-likeness (QED) is 0.703. The number of halogens is 2. The third-order valence-corrected chi connectivity index (χ3v) is 5.00. The molecule has 2 aromatic rings. The third kappa shape index (κ3) is 2.82. The Morgan fingerprint density at radius 3 is 2.00 bits per heavy atom. The highest BCUT2D eigenvalue weighted by molar-refractivity contribution is 6.32. The molecule has 0 saturated heterocycles. The molecule has 0 atom stereocenters. The van der Waals surface area contributed by atoms with Crippen molar-refractivity contribution in [3.05, 3.63) is 63.1 Å². The van der Waals surface area contributed by atoms with E-state index in [2.05, 4.69) is 19.8 Å². The van der Waals surface area contributed by atoms with Crippen LogP contribution in [0, 0.1) is 12.3 Å². The highest BCUT2D eigenvalue weighted by Gasteiger charge is 2.31. The Kier molecular flexibility index (Phi) is 5.06. The summed E-state index contributed by atoms with van der Waals surface area (Å²) in [5.41, 5.74) is 2.64. The number of hydrogen-bond acceptors (Lipinski definition) is 1. The van der Waals surface area contributed by atoms with Gasteiger partial charge in [0.1, 0.15) is 5.75 Å². The van der Waals surface area contributed by atoms with Gasteiger partial charge < -0.3 is 5.11 Å². The van der Waals surface area contributed by atoms with Crippen LogP contribution in [0.3, 0.4) is 0 Å². The van der Waals surface area contributed by atoms with Crippen LogP contribution in [0.25, 0.3) is 0 Å². The lowest BCUT2D eigenvalue weighted by atomic mass is 9.70. The molecule has 0 heterocycles. The molecule has 0 amide bonds. The van der Waals surface area contributed by atoms with Crippen molar-refractivity contribution in [3.8, 4) is 18.1 Å². The Morgan fingerprint density at radius 1 is 1.00 bits per heavy atom. The summed E-state index contributed by atoms with van der Waals surface area (Å²) in [4.78, 5) is 0. The molecule has 1 nitrogen and oxygen atoms in total. The first-order chi connectivity index (χ1) is 10.5. The average molecular weight is 333 g/mol. The van der Waals surface area contributed by atoms with Gasteiger partial charge in [-0.1, -0.05) is 55.1 Å². The zero-order valence-corrected chi connectivity index (χ0v) is 14.2. The zero-order valence-electron chi connectivity index (χ0n) is 12.7. The summed E-state index contributed by atoms with van der Waals surface area (Å²) in [5, 5.41) is 10.6. The number of terminal acetylenes is 1. The van der Waals surface area contributed by atoms with Crippen LogP contribution in [0.4, 0.5) is 0 Å². The van der Waals surface area contributed by atoms with Crippen LogP contribution < -0.4 is 0 Å². The molecular weight excluding hydrogens is 315 g/mol. The van der Waals surface area contributed by atoms with Crippen LogP contribution in [0.5, 0.6) is 5.75 Å². The lowest BCUT2D eigenvalue weighted by molar-refractivity contribution is 0.465. The average Bonchev–Trinajstić information content (AvgIpc) is 2.52. The predicted molar refractivity (Wildman–Crippen MR) is 93.9 cm³/mol. The highest BCUT2D eigenvalue weighted by Crippen LogP contribution is 2.42. The van der Waals surface area contributed by atoms with Crippen LogP contribution in [0.1, 0.15) is 43.4 Å². The van der Waals surface area contributed by atoms with Crippen molar-refractivity contribution in [2.45, 2.75) is 32.1 Å². The molecule has 0 saturated carbocycles. The molecule has 114 valence electrons. The van der Waals surface area contributed by atoms with Crippen LogP contribution >= 0.6 is 23.2 Å². The van der Waals surface area contributed by atoms with Crippen molar-refractivity contribution in [1.82, 2.24) is 0 Å². The number of phenolic OH excluding ortho intramolecular Hbond substituents is 1. The molecule has 0 radical (unpaired) electrons. The van der Waals surface area contributed by atoms with Crippen LogP contribution in [0.2, 0.25) is 10.0 Å². The van der Waals surface area contributed by atoms with Crippen molar-refractivity contribution < 1.29 is 5.11 Å². The highest BCUT2D eigenvalue weighted by atomic mass is 35.5. The van der Waals surface area contributed by atoms with Crippen LogP contribution in [-0.2, 0) is 5.41 Å². The molecule has 0 aliphatic carbocycles. The van der Waals surface area contributed by atoms with E-state index in [9.17, 15) is 5.11 Å². The third-order valence-electron chi connectivity index (χ3n) is 4.38. The van der Waals surface area contributed by atoms with Crippen molar-refractivity contribution in [3.63, 3.8) is 0 Å². The van der Waals surface area contributed by atoms with E-state index in [0.717, 1.165) is 24.0 Å². The van der Waals surface area contributed by atoms with E-state index in [1.165, 1.54) is 0 Å². The first kappa shape index (κ1) is 16.7. The fourth-order valence-electron chi connectivity index (χ4n) is 2.97. The van der Waals surface area contributed by atoms with E-state index in [1.807, 2.05) is 30.3 Å². The monoisotopic (exact) mass is 332 g/mol. The predicted octanol–water partition coefficient (Wildman–Crippen LogP) is 5.79. The number of aromatic hydroxyl groups is 1. The lowest BCUT2D eigenvalue weighted by Crippen LogP contribution is -2.26. The van der Waals surface area contributed by atoms with Crippen LogP contribution in [-0.4, -0.2) is 5.11 Å². The molecule has 3 heteroatoms. The summed E-state index contributed by atoms with van der Waals surface area (Å²) in [6.45, 7) is 4.26. The second kappa shape index (κ2) is 6.65. The summed E-state index contributed by atoms with van der Waals surface area (Å²) in [6.07, 6.45) is 7.21.